The maximum atomic E-state index is 10.2. The van der Waals surface area contributed by atoms with Gasteiger partial charge in [-0.05, 0) is 38.8 Å². The molecular weight excluding hydrogens is 198 g/mol. The van der Waals surface area contributed by atoms with E-state index in [0.717, 1.165) is 18.9 Å². The molecule has 0 spiro atoms. The molecule has 1 aliphatic carbocycles. The number of hydrogen-bond donors (Lipinski definition) is 1. The van der Waals surface area contributed by atoms with E-state index in [1.54, 1.807) is 0 Å². The van der Waals surface area contributed by atoms with Crippen molar-refractivity contribution in [3.8, 4) is 0 Å². The van der Waals surface area contributed by atoms with Gasteiger partial charge in [0.15, 0.2) is 0 Å². The summed E-state index contributed by atoms with van der Waals surface area (Å²) in [7, 11) is 2.18. The molecule has 0 radical (unpaired) electrons. The van der Waals surface area contributed by atoms with E-state index in [9.17, 15) is 5.11 Å². The molecule has 1 aliphatic rings. The lowest BCUT2D eigenvalue weighted by Gasteiger charge is -2.33. The summed E-state index contributed by atoms with van der Waals surface area (Å²) in [5, 5.41) is 10.2. The lowest BCUT2D eigenvalue weighted by molar-refractivity contribution is 0.0423. The molecule has 2 atom stereocenters. The second-order valence-electron chi connectivity index (χ2n) is 5.79. The third-order valence-corrected chi connectivity index (χ3v) is 3.82. The lowest BCUT2D eigenvalue weighted by atomic mass is 9.93. The normalized spacial score (nSPS) is 28.1. The van der Waals surface area contributed by atoms with Crippen LogP contribution in [0, 0.1) is 5.92 Å². The van der Waals surface area contributed by atoms with Crippen molar-refractivity contribution >= 4 is 0 Å². The summed E-state index contributed by atoms with van der Waals surface area (Å²) < 4.78 is 0. The zero-order valence-electron chi connectivity index (χ0n) is 11.3. The molecular formula is C14H29NO. The Labute approximate surface area is 101 Å². The van der Waals surface area contributed by atoms with Gasteiger partial charge in [0.2, 0.25) is 0 Å². The van der Waals surface area contributed by atoms with Gasteiger partial charge in [0.1, 0.15) is 0 Å². The second kappa shape index (κ2) is 7.29. The van der Waals surface area contributed by atoms with Crippen LogP contribution in [0.4, 0.5) is 0 Å². The molecule has 2 heteroatoms. The Morgan fingerprint density at radius 1 is 1.12 bits per heavy atom. The highest BCUT2D eigenvalue weighted by Gasteiger charge is 2.24. The fourth-order valence-corrected chi connectivity index (χ4v) is 2.59. The van der Waals surface area contributed by atoms with Crippen molar-refractivity contribution < 1.29 is 5.11 Å². The van der Waals surface area contributed by atoms with Gasteiger partial charge in [0.25, 0.3) is 0 Å². The monoisotopic (exact) mass is 227 g/mol. The third-order valence-electron chi connectivity index (χ3n) is 3.82. The minimum Gasteiger partial charge on any atom is -0.391 e. The Hall–Kier alpha value is -0.0800. The van der Waals surface area contributed by atoms with Gasteiger partial charge in [-0.1, -0.05) is 39.5 Å². The first-order chi connectivity index (χ1) is 7.61. The summed E-state index contributed by atoms with van der Waals surface area (Å²) >= 11 is 0. The Morgan fingerprint density at radius 2 is 1.75 bits per heavy atom. The average Bonchev–Trinajstić information content (AvgIpc) is 2.20. The van der Waals surface area contributed by atoms with Crippen LogP contribution in [0.25, 0.3) is 0 Å². The van der Waals surface area contributed by atoms with Gasteiger partial charge in [-0.25, -0.2) is 0 Å². The average molecular weight is 227 g/mol. The fraction of sp³-hybridized carbons (Fsp3) is 1.00. The molecule has 2 nitrogen and oxygen atoms in total. The summed E-state index contributed by atoms with van der Waals surface area (Å²) in [5.41, 5.74) is 0. The number of likely N-dealkylation sites (N-methyl/N-ethyl adjacent to an activating group) is 1. The van der Waals surface area contributed by atoms with Crippen molar-refractivity contribution in [1.29, 1.82) is 0 Å². The third kappa shape index (κ3) is 4.84. The molecule has 0 aliphatic heterocycles. The topological polar surface area (TPSA) is 23.5 Å². The van der Waals surface area contributed by atoms with E-state index in [0.29, 0.717) is 6.04 Å². The van der Waals surface area contributed by atoms with E-state index in [-0.39, 0.29) is 6.10 Å². The molecule has 1 saturated carbocycles. The molecule has 16 heavy (non-hydrogen) atoms. The van der Waals surface area contributed by atoms with Crippen molar-refractivity contribution in [2.45, 2.75) is 70.9 Å². The van der Waals surface area contributed by atoms with Gasteiger partial charge in [-0.2, -0.15) is 0 Å². The van der Waals surface area contributed by atoms with E-state index in [1.165, 1.54) is 38.5 Å². The first-order valence-electron chi connectivity index (χ1n) is 6.99. The molecule has 0 bridgehead atoms. The fourth-order valence-electron chi connectivity index (χ4n) is 2.59. The summed E-state index contributed by atoms with van der Waals surface area (Å²) in [6, 6.07) is 0.402. The molecule has 0 aromatic heterocycles. The minimum atomic E-state index is -0.0996. The smallest absolute Gasteiger partial charge is 0.0695 e. The highest BCUT2D eigenvalue weighted by atomic mass is 16.3. The first-order valence-corrected chi connectivity index (χ1v) is 6.99. The van der Waals surface area contributed by atoms with Gasteiger partial charge in [0, 0.05) is 6.04 Å². The van der Waals surface area contributed by atoms with E-state index >= 15 is 0 Å². The van der Waals surface area contributed by atoms with Crippen LogP contribution in [0.2, 0.25) is 0 Å². The van der Waals surface area contributed by atoms with Crippen molar-refractivity contribution in [2.24, 2.45) is 5.92 Å². The number of nitrogens with zero attached hydrogens (tertiary/aromatic N) is 1. The molecule has 1 N–H and O–H groups in total. The van der Waals surface area contributed by atoms with Gasteiger partial charge in [-0.15, -0.1) is 0 Å². The standard InChI is InChI=1S/C14H29NO/c1-12(2)10-11-15(3)13-8-6-4-5-7-9-14(13)16/h12-14,16H,4-11H2,1-3H3. The van der Waals surface area contributed by atoms with E-state index in [4.69, 9.17) is 0 Å². The first kappa shape index (κ1) is 14.0. The van der Waals surface area contributed by atoms with Crippen LogP contribution in [0.1, 0.15) is 58.8 Å². The molecule has 1 fully saturated rings. The number of hydrogen-bond acceptors (Lipinski definition) is 2. The van der Waals surface area contributed by atoms with Crippen LogP contribution < -0.4 is 0 Å². The van der Waals surface area contributed by atoms with Crippen LogP contribution >= 0.6 is 0 Å². The molecule has 0 aromatic carbocycles. The quantitative estimate of drug-likeness (QED) is 0.798. The predicted octanol–water partition coefficient (Wildman–Crippen LogP) is 3.05. The summed E-state index contributed by atoms with van der Waals surface area (Å²) in [5.74, 6) is 0.758. The van der Waals surface area contributed by atoms with Crippen molar-refractivity contribution in [2.75, 3.05) is 13.6 Å². The van der Waals surface area contributed by atoms with Crippen molar-refractivity contribution in [1.82, 2.24) is 4.90 Å². The van der Waals surface area contributed by atoms with Crippen molar-refractivity contribution in [3.05, 3.63) is 0 Å². The molecule has 2 unspecified atom stereocenters. The summed E-state index contributed by atoms with van der Waals surface area (Å²) in [6.45, 7) is 5.66. The Kier molecular flexibility index (Phi) is 6.37. The zero-order chi connectivity index (χ0) is 12.0. The molecule has 0 amide bonds. The summed E-state index contributed by atoms with van der Waals surface area (Å²) in [4.78, 5) is 2.38. The SMILES string of the molecule is CC(C)CCN(C)C1CCCCCCC1O. The Balaban J connectivity index is 2.39. The summed E-state index contributed by atoms with van der Waals surface area (Å²) in [6.07, 6.45) is 8.45. The van der Waals surface area contributed by atoms with E-state index in [2.05, 4.69) is 25.8 Å². The van der Waals surface area contributed by atoms with Crippen LogP contribution in [0.15, 0.2) is 0 Å². The Bertz CT molecular complexity index is 182. The molecule has 1 rings (SSSR count). The zero-order valence-corrected chi connectivity index (χ0v) is 11.3. The highest BCUT2D eigenvalue weighted by molar-refractivity contribution is 4.79. The largest absolute Gasteiger partial charge is 0.391 e. The number of aliphatic hydroxyl groups is 1. The van der Waals surface area contributed by atoms with Crippen LogP contribution in [0.5, 0.6) is 0 Å². The number of aliphatic hydroxyl groups excluding tert-OH is 1. The van der Waals surface area contributed by atoms with Crippen LogP contribution in [-0.2, 0) is 0 Å². The highest BCUT2D eigenvalue weighted by Crippen LogP contribution is 2.21. The Morgan fingerprint density at radius 3 is 2.38 bits per heavy atom. The van der Waals surface area contributed by atoms with Gasteiger partial charge < -0.3 is 10.0 Å². The van der Waals surface area contributed by atoms with E-state index < -0.39 is 0 Å². The van der Waals surface area contributed by atoms with Gasteiger partial charge >= 0.3 is 0 Å². The molecule has 0 aromatic rings. The molecule has 96 valence electrons. The van der Waals surface area contributed by atoms with Crippen molar-refractivity contribution in [3.63, 3.8) is 0 Å². The van der Waals surface area contributed by atoms with Crippen LogP contribution in [0.3, 0.4) is 0 Å². The maximum absolute atomic E-state index is 10.2. The van der Waals surface area contributed by atoms with Gasteiger partial charge in [0.05, 0.1) is 6.10 Å². The van der Waals surface area contributed by atoms with E-state index in [1.807, 2.05) is 0 Å². The predicted molar refractivity (Wildman–Crippen MR) is 69.6 cm³/mol. The maximum Gasteiger partial charge on any atom is 0.0695 e. The lowest BCUT2D eigenvalue weighted by Crippen LogP contribution is -2.42. The second-order valence-corrected chi connectivity index (χ2v) is 5.79. The van der Waals surface area contributed by atoms with Crippen LogP contribution in [-0.4, -0.2) is 35.7 Å². The molecule has 0 heterocycles. The number of rotatable bonds is 4. The minimum absolute atomic E-state index is 0.0996. The molecule has 0 saturated heterocycles. The van der Waals surface area contributed by atoms with Gasteiger partial charge in [-0.3, -0.25) is 0 Å².